The molecule has 1 aliphatic heterocycles. The average Bonchev–Trinajstić information content (AvgIpc) is 2.60. The van der Waals surface area contributed by atoms with Crippen LogP contribution in [0.3, 0.4) is 0 Å². The van der Waals surface area contributed by atoms with Gasteiger partial charge in [0.25, 0.3) is 5.56 Å². The Morgan fingerprint density at radius 2 is 1.81 bits per heavy atom. The third-order valence-corrected chi connectivity index (χ3v) is 3.85. The Hall–Kier alpha value is -3.50. The molecule has 0 fully saturated rings. The number of rotatable bonds is 2. The van der Waals surface area contributed by atoms with Crippen molar-refractivity contribution >= 4 is 17.9 Å². The summed E-state index contributed by atoms with van der Waals surface area (Å²) in [6.45, 7) is 1.38. The molecule has 3 rings (SSSR count). The van der Waals surface area contributed by atoms with Crippen LogP contribution in [0.25, 0.3) is 5.82 Å². The first kappa shape index (κ1) is 17.3. The summed E-state index contributed by atoms with van der Waals surface area (Å²) in [4.78, 5) is 53.1. The van der Waals surface area contributed by atoms with E-state index in [-0.39, 0.29) is 17.2 Å². The molecular weight excluding hydrogens is 347 g/mol. The molecule has 0 saturated heterocycles. The summed E-state index contributed by atoms with van der Waals surface area (Å²) >= 11 is 0. The zero-order chi connectivity index (χ0) is 19.2. The van der Waals surface area contributed by atoms with Crippen LogP contribution in [0.1, 0.15) is 17.3 Å². The number of carbonyl (C=O) groups is 2. The lowest BCUT2D eigenvalue weighted by Gasteiger charge is -2.19. The van der Waals surface area contributed by atoms with Crippen molar-refractivity contribution in [1.29, 1.82) is 0 Å². The molecule has 134 valence electrons. The SMILES string of the molecule is Cc1nc(-n2c(=O)c(C3C=NN(C)C(=O)C3=O)nn(C)c2=O)ccc1F. The molecule has 1 unspecified atom stereocenters. The van der Waals surface area contributed by atoms with Crippen LogP contribution in [0.2, 0.25) is 0 Å². The van der Waals surface area contributed by atoms with Crippen molar-refractivity contribution in [3.8, 4) is 5.82 Å². The molecular formula is C15H13FN6O4. The smallest absolute Gasteiger partial charge is 0.287 e. The Kier molecular flexibility index (Phi) is 4.06. The number of pyridine rings is 1. The minimum Gasteiger partial charge on any atom is -0.287 e. The second-order valence-electron chi connectivity index (χ2n) is 5.60. The maximum atomic E-state index is 13.4. The number of nitrogens with zero attached hydrogens (tertiary/aromatic N) is 6. The van der Waals surface area contributed by atoms with Crippen molar-refractivity contribution in [3.63, 3.8) is 0 Å². The van der Waals surface area contributed by atoms with Crippen LogP contribution in [0, 0.1) is 12.7 Å². The molecule has 0 aliphatic carbocycles. The van der Waals surface area contributed by atoms with Crippen molar-refractivity contribution in [1.82, 2.24) is 24.3 Å². The molecule has 10 nitrogen and oxygen atoms in total. The Morgan fingerprint density at radius 3 is 2.46 bits per heavy atom. The molecule has 11 heteroatoms. The Morgan fingerprint density at radius 1 is 1.12 bits per heavy atom. The molecule has 1 amide bonds. The van der Waals surface area contributed by atoms with E-state index in [1.807, 2.05) is 0 Å². The number of hydrazone groups is 1. The molecule has 0 aromatic carbocycles. The molecule has 0 spiro atoms. The molecule has 2 aromatic rings. The number of hydrogen-bond donors (Lipinski definition) is 0. The number of ketones is 1. The van der Waals surface area contributed by atoms with Gasteiger partial charge in [-0.05, 0) is 19.1 Å². The van der Waals surface area contributed by atoms with E-state index in [9.17, 15) is 23.6 Å². The first-order chi connectivity index (χ1) is 12.2. The first-order valence-corrected chi connectivity index (χ1v) is 7.42. The number of aryl methyl sites for hydroxylation is 2. The lowest BCUT2D eigenvalue weighted by molar-refractivity contribution is -0.144. The fourth-order valence-electron chi connectivity index (χ4n) is 2.42. The van der Waals surface area contributed by atoms with Crippen LogP contribution < -0.4 is 11.2 Å². The van der Waals surface area contributed by atoms with Crippen LogP contribution in [0.5, 0.6) is 0 Å². The monoisotopic (exact) mass is 360 g/mol. The van der Waals surface area contributed by atoms with E-state index in [2.05, 4.69) is 15.2 Å². The number of amides is 1. The number of halogens is 1. The predicted octanol–water partition coefficient (Wildman–Crippen LogP) is -1.12. The molecule has 1 atom stereocenters. The maximum Gasteiger partial charge on any atom is 0.353 e. The topological polar surface area (TPSA) is 120 Å². The Labute approximate surface area is 145 Å². The van der Waals surface area contributed by atoms with Crippen LogP contribution >= 0.6 is 0 Å². The Bertz CT molecular complexity index is 1090. The minimum atomic E-state index is -1.33. The van der Waals surface area contributed by atoms with Crippen molar-refractivity contribution in [2.45, 2.75) is 12.8 Å². The normalized spacial score (nSPS) is 17.1. The fourth-order valence-corrected chi connectivity index (χ4v) is 2.42. The molecule has 0 bridgehead atoms. The molecule has 1 aliphatic rings. The van der Waals surface area contributed by atoms with Gasteiger partial charge in [-0.15, -0.1) is 0 Å². The van der Waals surface area contributed by atoms with E-state index in [1.165, 1.54) is 21.0 Å². The van der Waals surface area contributed by atoms with Crippen LogP contribution in [-0.4, -0.2) is 49.3 Å². The standard InChI is InChI=1S/C15H13FN6O4/c1-7-9(16)4-5-10(18-7)22-13(24)11(19-21(3)15(22)26)8-6-17-20(2)14(25)12(8)23/h4-6,8H,1-3H3. The number of aromatic nitrogens is 4. The highest BCUT2D eigenvalue weighted by Crippen LogP contribution is 2.14. The largest absolute Gasteiger partial charge is 0.353 e. The fraction of sp³-hybridized carbons (Fsp3) is 0.267. The summed E-state index contributed by atoms with van der Waals surface area (Å²) in [6.07, 6.45) is 1.10. The van der Waals surface area contributed by atoms with Crippen LogP contribution in [0.15, 0.2) is 26.8 Å². The van der Waals surface area contributed by atoms with Gasteiger partial charge in [-0.3, -0.25) is 14.4 Å². The van der Waals surface area contributed by atoms with E-state index in [4.69, 9.17) is 0 Å². The van der Waals surface area contributed by atoms with Crippen LogP contribution in [-0.2, 0) is 16.6 Å². The summed E-state index contributed by atoms with van der Waals surface area (Å²) in [6, 6.07) is 2.22. The van der Waals surface area contributed by atoms with Gasteiger partial charge in [0.15, 0.2) is 0 Å². The quantitative estimate of drug-likeness (QED) is 0.626. The summed E-state index contributed by atoms with van der Waals surface area (Å²) in [7, 11) is 2.57. The van der Waals surface area contributed by atoms with E-state index in [1.54, 1.807) is 0 Å². The van der Waals surface area contributed by atoms with Crippen molar-refractivity contribution in [2.24, 2.45) is 12.1 Å². The van der Waals surface area contributed by atoms with Gasteiger partial charge in [0.1, 0.15) is 23.2 Å². The third kappa shape index (κ3) is 2.62. The second-order valence-corrected chi connectivity index (χ2v) is 5.60. The molecule has 26 heavy (non-hydrogen) atoms. The lowest BCUT2D eigenvalue weighted by atomic mass is 10.00. The van der Waals surface area contributed by atoms with E-state index in [0.29, 0.717) is 4.57 Å². The lowest BCUT2D eigenvalue weighted by Crippen LogP contribution is -2.46. The molecule has 0 N–H and O–H groups in total. The van der Waals surface area contributed by atoms with Gasteiger partial charge in [-0.2, -0.15) is 10.2 Å². The van der Waals surface area contributed by atoms with Gasteiger partial charge in [-0.25, -0.2) is 28.4 Å². The van der Waals surface area contributed by atoms with Gasteiger partial charge < -0.3 is 0 Å². The summed E-state index contributed by atoms with van der Waals surface area (Å²) < 4.78 is 14.9. The van der Waals surface area contributed by atoms with Gasteiger partial charge in [0.2, 0.25) is 5.78 Å². The first-order valence-electron chi connectivity index (χ1n) is 7.42. The molecule has 0 saturated carbocycles. The van der Waals surface area contributed by atoms with E-state index < -0.39 is 34.7 Å². The summed E-state index contributed by atoms with van der Waals surface area (Å²) in [5, 5.41) is 8.39. The highest BCUT2D eigenvalue weighted by atomic mass is 19.1. The molecule has 3 heterocycles. The van der Waals surface area contributed by atoms with Crippen LogP contribution in [0.4, 0.5) is 4.39 Å². The molecule has 2 aromatic heterocycles. The van der Waals surface area contributed by atoms with Crippen molar-refractivity contribution < 1.29 is 14.0 Å². The number of likely N-dealkylation sites (N-methyl/N-ethyl adjacent to an activating group) is 1. The average molecular weight is 360 g/mol. The number of Topliss-reactive ketones (excluding diaryl/α,β-unsaturated/α-hetero) is 1. The minimum absolute atomic E-state index is 0.0121. The molecule has 0 radical (unpaired) electrons. The van der Waals surface area contributed by atoms with E-state index >= 15 is 0 Å². The van der Waals surface area contributed by atoms with Gasteiger partial charge in [-0.1, -0.05) is 0 Å². The van der Waals surface area contributed by atoms with Gasteiger partial charge >= 0.3 is 11.6 Å². The second kappa shape index (κ2) is 6.10. The van der Waals surface area contributed by atoms with Crippen molar-refractivity contribution in [2.75, 3.05) is 7.05 Å². The Balaban J connectivity index is 2.26. The summed E-state index contributed by atoms with van der Waals surface area (Å²) in [5.41, 5.74) is -2.14. The zero-order valence-corrected chi connectivity index (χ0v) is 14.0. The highest BCUT2D eigenvalue weighted by Gasteiger charge is 2.35. The zero-order valence-electron chi connectivity index (χ0n) is 14.0. The van der Waals surface area contributed by atoms with E-state index in [0.717, 1.165) is 28.0 Å². The maximum absolute atomic E-state index is 13.4. The predicted molar refractivity (Wildman–Crippen MR) is 86.6 cm³/mol. The van der Waals surface area contributed by atoms with Crippen molar-refractivity contribution in [3.05, 3.63) is 50.2 Å². The van der Waals surface area contributed by atoms with Gasteiger partial charge in [0, 0.05) is 20.3 Å². The highest BCUT2D eigenvalue weighted by molar-refractivity contribution is 6.42. The third-order valence-electron chi connectivity index (χ3n) is 3.85. The summed E-state index contributed by atoms with van der Waals surface area (Å²) in [5.74, 6) is -3.86. The number of hydrogen-bond acceptors (Lipinski definition) is 7. The number of carbonyl (C=O) groups excluding carboxylic acids is 2. The van der Waals surface area contributed by atoms with Gasteiger partial charge in [0.05, 0.1) is 5.69 Å².